The first-order valence-electron chi connectivity index (χ1n) is 9.46. The van der Waals surface area contributed by atoms with E-state index >= 15 is 0 Å². The summed E-state index contributed by atoms with van der Waals surface area (Å²) in [6.07, 6.45) is 2.00. The van der Waals surface area contributed by atoms with Gasteiger partial charge in [-0.15, -0.1) is 0 Å². The summed E-state index contributed by atoms with van der Waals surface area (Å²) in [4.78, 5) is 27.1. The van der Waals surface area contributed by atoms with Gasteiger partial charge in [-0.05, 0) is 48.7 Å². The lowest BCUT2D eigenvalue weighted by atomic mass is 10.1. The molecule has 2 rings (SSSR count). The topological polar surface area (TPSA) is 49.4 Å². The molecule has 4 nitrogen and oxygen atoms in total. The summed E-state index contributed by atoms with van der Waals surface area (Å²) in [5.41, 5.74) is 1.65. The Bertz CT molecular complexity index is 778. The van der Waals surface area contributed by atoms with Gasteiger partial charge < -0.3 is 10.2 Å². The van der Waals surface area contributed by atoms with E-state index in [9.17, 15) is 14.0 Å². The molecule has 0 saturated heterocycles. The summed E-state index contributed by atoms with van der Waals surface area (Å²) in [6, 6.07) is 12.9. The van der Waals surface area contributed by atoms with Gasteiger partial charge in [-0.25, -0.2) is 4.39 Å². The van der Waals surface area contributed by atoms with Crippen molar-refractivity contribution in [3.63, 3.8) is 0 Å². The van der Waals surface area contributed by atoms with E-state index < -0.39 is 6.04 Å². The zero-order chi connectivity index (χ0) is 20.5. The molecule has 1 atom stereocenters. The van der Waals surface area contributed by atoms with Crippen LogP contribution in [0, 0.1) is 5.82 Å². The Morgan fingerprint density at radius 2 is 1.68 bits per heavy atom. The van der Waals surface area contributed by atoms with Crippen molar-refractivity contribution in [2.45, 2.75) is 45.7 Å². The third kappa shape index (κ3) is 6.75. The molecular formula is C22H26BrFN2O2. The van der Waals surface area contributed by atoms with Gasteiger partial charge in [-0.2, -0.15) is 0 Å². The molecule has 28 heavy (non-hydrogen) atoms. The third-order valence-electron chi connectivity index (χ3n) is 4.53. The van der Waals surface area contributed by atoms with E-state index in [4.69, 9.17) is 0 Å². The first-order chi connectivity index (χ1) is 13.4. The average Bonchev–Trinajstić information content (AvgIpc) is 2.68. The minimum atomic E-state index is -0.603. The molecule has 1 N–H and O–H groups in total. The molecule has 0 bridgehead atoms. The van der Waals surface area contributed by atoms with Crippen molar-refractivity contribution >= 4 is 27.7 Å². The highest BCUT2D eigenvalue weighted by molar-refractivity contribution is 9.10. The van der Waals surface area contributed by atoms with E-state index in [2.05, 4.69) is 28.2 Å². The van der Waals surface area contributed by atoms with Crippen LogP contribution in [-0.4, -0.2) is 29.3 Å². The Morgan fingerprint density at radius 1 is 1.07 bits per heavy atom. The van der Waals surface area contributed by atoms with Crippen LogP contribution in [0.3, 0.4) is 0 Å². The van der Waals surface area contributed by atoms with Crippen LogP contribution in [0.15, 0.2) is 53.0 Å². The Hall–Kier alpha value is -2.21. The van der Waals surface area contributed by atoms with Crippen LogP contribution in [0.5, 0.6) is 0 Å². The molecule has 0 heterocycles. The smallest absolute Gasteiger partial charge is 0.242 e. The fraction of sp³-hybridized carbons (Fsp3) is 0.364. The number of hydrogen-bond acceptors (Lipinski definition) is 2. The summed E-state index contributed by atoms with van der Waals surface area (Å²) in [6.45, 7) is 4.72. The molecule has 2 aromatic carbocycles. The second-order valence-electron chi connectivity index (χ2n) is 6.77. The van der Waals surface area contributed by atoms with Crippen LogP contribution < -0.4 is 5.32 Å². The van der Waals surface area contributed by atoms with Crippen LogP contribution in [0.25, 0.3) is 0 Å². The lowest BCUT2D eigenvalue weighted by Crippen LogP contribution is -2.48. The van der Waals surface area contributed by atoms with Crippen LogP contribution in [0.2, 0.25) is 0 Å². The van der Waals surface area contributed by atoms with E-state index in [1.807, 2.05) is 24.3 Å². The SMILES string of the molecule is CCCCNC(=O)[C@H](C)N(Cc1ccc(Br)cc1)C(=O)Cc1ccc(F)cc1. The van der Waals surface area contributed by atoms with E-state index in [1.54, 1.807) is 24.0 Å². The van der Waals surface area contributed by atoms with Gasteiger partial charge in [0.25, 0.3) is 0 Å². The van der Waals surface area contributed by atoms with E-state index in [0.717, 1.165) is 22.9 Å². The van der Waals surface area contributed by atoms with Gasteiger partial charge in [0.1, 0.15) is 11.9 Å². The Morgan fingerprint density at radius 3 is 2.29 bits per heavy atom. The molecule has 0 fully saturated rings. The van der Waals surface area contributed by atoms with Gasteiger partial charge in [0.15, 0.2) is 0 Å². The number of nitrogens with zero attached hydrogens (tertiary/aromatic N) is 1. The van der Waals surface area contributed by atoms with Gasteiger partial charge in [0, 0.05) is 17.6 Å². The number of rotatable bonds is 9. The third-order valence-corrected chi connectivity index (χ3v) is 5.06. The van der Waals surface area contributed by atoms with Crippen molar-refractivity contribution < 1.29 is 14.0 Å². The highest BCUT2D eigenvalue weighted by Crippen LogP contribution is 2.16. The Kier molecular flexibility index (Phi) is 8.64. The highest BCUT2D eigenvalue weighted by Gasteiger charge is 2.26. The van der Waals surface area contributed by atoms with Gasteiger partial charge in [0.05, 0.1) is 6.42 Å². The average molecular weight is 449 g/mol. The van der Waals surface area contributed by atoms with Crippen molar-refractivity contribution in [3.05, 3.63) is 69.9 Å². The second-order valence-corrected chi connectivity index (χ2v) is 7.69. The van der Waals surface area contributed by atoms with Crippen molar-refractivity contribution in [3.8, 4) is 0 Å². The van der Waals surface area contributed by atoms with Crippen molar-refractivity contribution in [2.24, 2.45) is 0 Å². The molecular weight excluding hydrogens is 423 g/mol. The first kappa shape index (κ1) is 22.1. The van der Waals surface area contributed by atoms with Gasteiger partial charge >= 0.3 is 0 Å². The normalized spacial score (nSPS) is 11.7. The lowest BCUT2D eigenvalue weighted by Gasteiger charge is -2.29. The summed E-state index contributed by atoms with van der Waals surface area (Å²) in [5, 5.41) is 2.90. The van der Waals surface area contributed by atoms with Gasteiger partial charge in [-0.1, -0.05) is 53.5 Å². The quantitative estimate of drug-likeness (QED) is 0.575. The van der Waals surface area contributed by atoms with Gasteiger partial charge in [-0.3, -0.25) is 9.59 Å². The molecule has 2 amide bonds. The molecule has 2 aromatic rings. The summed E-state index contributed by atoms with van der Waals surface area (Å²) < 4.78 is 14.1. The van der Waals surface area contributed by atoms with Crippen molar-refractivity contribution in [1.82, 2.24) is 10.2 Å². The minimum absolute atomic E-state index is 0.114. The monoisotopic (exact) mass is 448 g/mol. The number of amides is 2. The zero-order valence-electron chi connectivity index (χ0n) is 16.3. The molecule has 6 heteroatoms. The Balaban J connectivity index is 2.15. The Labute approximate surface area is 174 Å². The fourth-order valence-corrected chi connectivity index (χ4v) is 3.05. The second kappa shape index (κ2) is 11.0. The summed E-state index contributed by atoms with van der Waals surface area (Å²) in [5.74, 6) is -0.683. The van der Waals surface area contributed by atoms with E-state index in [-0.39, 0.29) is 24.1 Å². The number of nitrogens with one attached hydrogen (secondary N) is 1. The van der Waals surface area contributed by atoms with Crippen LogP contribution in [0.4, 0.5) is 4.39 Å². The van der Waals surface area contributed by atoms with E-state index in [1.165, 1.54) is 12.1 Å². The lowest BCUT2D eigenvalue weighted by molar-refractivity contribution is -0.140. The molecule has 0 aliphatic rings. The first-order valence-corrected chi connectivity index (χ1v) is 10.3. The maximum absolute atomic E-state index is 13.1. The predicted octanol–water partition coefficient (Wildman–Crippen LogP) is 4.46. The summed E-state index contributed by atoms with van der Waals surface area (Å²) >= 11 is 3.40. The molecule has 0 spiro atoms. The predicted molar refractivity (Wildman–Crippen MR) is 112 cm³/mol. The largest absolute Gasteiger partial charge is 0.354 e. The number of carbonyl (C=O) groups excluding carboxylic acids is 2. The molecule has 0 aliphatic heterocycles. The molecule has 0 aliphatic carbocycles. The zero-order valence-corrected chi connectivity index (χ0v) is 17.8. The molecule has 0 aromatic heterocycles. The highest BCUT2D eigenvalue weighted by atomic mass is 79.9. The van der Waals surface area contributed by atoms with Crippen LogP contribution in [0.1, 0.15) is 37.8 Å². The fourth-order valence-electron chi connectivity index (χ4n) is 2.78. The number of carbonyl (C=O) groups is 2. The van der Waals surface area contributed by atoms with Gasteiger partial charge in [0.2, 0.25) is 11.8 Å². The molecule has 0 saturated carbocycles. The van der Waals surface area contributed by atoms with E-state index in [0.29, 0.717) is 18.7 Å². The number of unbranched alkanes of at least 4 members (excludes halogenated alkanes) is 1. The summed E-state index contributed by atoms with van der Waals surface area (Å²) in [7, 11) is 0. The number of hydrogen-bond donors (Lipinski definition) is 1. The van der Waals surface area contributed by atoms with Crippen molar-refractivity contribution in [1.29, 1.82) is 0 Å². The van der Waals surface area contributed by atoms with Crippen LogP contribution in [-0.2, 0) is 22.6 Å². The minimum Gasteiger partial charge on any atom is -0.354 e. The maximum Gasteiger partial charge on any atom is 0.242 e. The number of benzene rings is 2. The molecule has 0 unspecified atom stereocenters. The standard InChI is InChI=1S/C22H26BrFN2O2/c1-3-4-13-25-22(28)16(2)26(15-18-5-9-19(23)10-6-18)21(27)14-17-7-11-20(24)12-8-17/h5-12,16H,3-4,13-15H2,1-2H3,(H,25,28)/t16-/m0/s1. The molecule has 0 radical (unpaired) electrons. The molecule has 150 valence electrons. The van der Waals surface area contributed by atoms with Crippen LogP contribution >= 0.6 is 15.9 Å². The number of halogens is 2. The van der Waals surface area contributed by atoms with Crippen molar-refractivity contribution in [2.75, 3.05) is 6.54 Å². The maximum atomic E-state index is 13.1.